The number of hydrogen-bond donors (Lipinski definition) is 2. The number of hydrogen-bond acceptors (Lipinski definition) is 17. The highest BCUT2D eigenvalue weighted by Gasteiger charge is 2.62. The van der Waals surface area contributed by atoms with Gasteiger partial charge in [0.15, 0.2) is 40.0 Å². The maximum absolute atomic E-state index is 15.2. The Bertz CT molecular complexity index is 2860. The van der Waals surface area contributed by atoms with Crippen molar-refractivity contribution < 1.29 is 57.4 Å². The van der Waals surface area contributed by atoms with Crippen molar-refractivity contribution in [3.05, 3.63) is 105 Å². The molecule has 4 bridgehead atoms. The standard InChI is InChI=1S/C52H54N4O12S/c1-26-18-30-19-32-33(22-53)56-34-23-63-49(59)52(31-21-35(61-7)36(20-29(31)16-17-54-52)66-50(60)68-51(3,4)5)24-69-48(42(56)41(55(32)6)38(30)43(58)44(26)62-8)40-39(34)47-46(64-25-65-47)27(2)45(40)67-37(57)15-14-28-12-10-9-11-13-28/h9-15,18,20-21,32-34,41-42,48,54,58H,16-17,19,23-25H2,1-8H3/b15-14+/t32-,33+,34-,41+,42?,48-,52-/m1/s1. The molecule has 7 heterocycles. The van der Waals surface area contributed by atoms with Gasteiger partial charge >= 0.3 is 18.1 Å². The predicted molar refractivity (Wildman–Crippen MR) is 253 cm³/mol. The summed E-state index contributed by atoms with van der Waals surface area (Å²) in [7, 11) is 4.96. The fourth-order valence-electron chi connectivity index (χ4n) is 11.3. The fourth-order valence-corrected chi connectivity index (χ4v) is 13.0. The van der Waals surface area contributed by atoms with Crippen LogP contribution in [0.15, 0.2) is 54.6 Å². The molecule has 1 unspecified atom stereocenters. The first-order valence-corrected chi connectivity index (χ1v) is 24.0. The molecule has 0 amide bonds. The Labute approximate surface area is 404 Å². The maximum atomic E-state index is 15.2. The lowest BCUT2D eigenvalue weighted by Crippen LogP contribution is -2.69. The van der Waals surface area contributed by atoms with Crippen LogP contribution in [0.5, 0.6) is 40.2 Å². The highest BCUT2D eigenvalue weighted by Crippen LogP contribution is 2.64. The third-order valence-corrected chi connectivity index (χ3v) is 15.6. The van der Waals surface area contributed by atoms with E-state index in [1.807, 2.05) is 57.3 Å². The van der Waals surface area contributed by atoms with E-state index in [-0.39, 0.29) is 48.2 Å². The molecule has 16 nitrogen and oxygen atoms in total. The van der Waals surface area contributed by atoms with Gasteiger partial charge in [-0.05, 0) is 101 Å². The van der Waals surface area contributed by atoms with Crippen LogP contribution >= 0.6 is 11.8 Å². The first-order chi connectivity index (χ1) is 33.1. The van der Waals surface area contributed by atoms with Crippen LogP contribution in [0.1, 0.15) is 88.2 Å². The second kappa shape index (κ2) is 17.5. The zero-order valence-electron chi connectivity index (χ0n) is 39.7. The Morgan fingerprint density at radius 3 is 2.46 bits per heavy atom. The summed E-state index contributed by atoms with van der Waals surface area (Å²) in [6.07, 6.45) is 3.09. The number of fused-ring (bicyclic) bond motifs is 9. The third-order valence-electron chi connectivity index (χ3n) is 14.2. The first-order valence-electron chi connectivity index (χ1n) is 22.9. The lowest BCUT2D eigenvalue weighted by atomic mass is 9.71. The van der Waals surface area contributed by atoms with Crippen LogP contribution < -0.4 is 33.7 Å². The lowest BCUT2D eigenvalue weighted by Gasteiger charge is -2.62. The molecule has 2 N–H and O–H groups in total. The van der Waals surface area contributed by atoms with Crippen molar-refractivity contribution in [1.82, 2.24) is 15.1 Å². The summed E-state index contributed by atoms with van der Waals surface area (Å²) >= 11 is 1.45. The van der Waals surface area contributed by atoms with Crippen LogP contribution in [-0.2, 0) is 37.4 Å². The van der Waals surface area contributed by atoms with Gasteiger partial charge in [0, 0.05) is 52.7 Å². The highest BCUT2D eigenvalue weighted by molar-refractivity contribution is 7.99. The summed E-state index contributed by atoms with van der Waals surface area (Å²) in [5, 5.41) is 26.5. The molecule has 2 fully saturated rings. The van der Waals surface area contributed by atoms with Crippen LogP contribution in [0.3, 0.4) is 0 Å². The molecule has 7 aliphatic rings. The molecule has 17 heteroatoms. The average Bonchev–Trinajstić information content (AvgIpc) is 3.81. The summed E-state index contributed by atoms with van der Waals surface area (Å²) < 4.78 is 48.4. The van der Waals surface area contributed by atoms with E-state index in [1.54, 1.807) is 39.0 Å². The van der Waals surface area contributed by atoms with Gasteiger partial charge in [0.2, 0.25) is 6.79 Å². The van der Waals surface area contributed by atoms with Crippen molar-refractivity contribution >= 4 is 35.9 Å². The number of rotatable bonds is 6. The number of phenols is 1. The van der Waals surface area contributed by atoms with E-state index in [1.165, 1.54) is 32.1 Å². The summed E-state index contributed by atoms with van der Waals surface area (Å²) in [5.74, 6) is 0.656. The second-order valence-corrected chi connectivity index (χ2v) is 20.3. The number of carbonyl (C=O) groups is 3. The number of likely N-dealkylation sites (N-methyl/N-ethyl adjacent to an activating group) is 1. The number of aromatic hydroxyl groups is 1. The van der Waals surface area contributed by atoms with Gasteiger partial charge in [-0.1, -0.05) is 36.4 Å². The third kappa shape index (κ3) is 7.59. The minimum atomic E-state index is -1.48. The Morgan fingerprint density at radius 2 is 1.74 bits per heavy atom. The molecule has 0 saturated carbocycles. The molecule has 7 atom stereocenters. The van der Waals surface area contributed by atoms with E-state index in [0.29, 0.717) is 64.5 Å². The Kier molecular flexibility index (Phi) is 11.7. The number of nitrogens with one attached hydrogen (secondary N) is 1. The van der Waals surface area contributed by atoms with Gasteiger partial charge in [-0.15, -0.1) is 11.8 Å². The van der Waals surface area contributed by atoms with Gasteiger partial charge in [-0.3, -0.25) is 15.1 Å². The van der Waals surface area contributed by atoms with Gasteiger partial charge < -0.3 is 43.0 Å². The molecule has 360 valence electrons. The van der Waals surface area contributed by atoms with Gasteiger partial charge in [-0.2, -0.15) is 5.26 Å². The van der Waals surface area contributed by atoms with E-state index < -0.39 is 58.7 Å². The molecule has 4 aromatic carbocycles. The molecule has 7 aliphatic heterocycles. The number of nitrogens with zero attached hydrogens (tertiary/aromatic N) is 3. The van der Waals surface area contributed by atoms with Crippen molar-refractivity contribution in [3.63, 3.8) is 0 Å². The van der Waals surface area contributed by atoms with E-state index in [4.69, 9.17) is 37.9 Å². The number of esters is 2. The van der Waals surface area contributed by atoms with Crippen LogP contribution in [-0.4, -0.2) is 104 Å². The van der Waals surface area contributed by atoms with Crippen molar-refractivity contribution in [1.29, 1.82) is 5.26 Å². The number of thioether (sulfide) groups is 1. The average molecular weight is 959 g/mol. The Balaban J connectivity index is 1.18. The predicted octanol–water partition coefficient (Wildman–Crippen LogP) is 7.29. The van der Waals surface area contributed by atoms with Gasteiger partial charge in [0.05, 0.1) is 37.6 Å². The summed E-state index contributed by atoms with van der Waals surface area (Å²) in [5.41, 5.74) is 3.92. The summed E-state index contributed by atoms with van der Waals surface area (Å²) in [6.45, 7) is 8.95. The topological polar surface area (TPSA) is 188 Å². The molecule has 4 aromatic rings. The van der Waals surface area contributed by atoms with Crippen LogP contribution in [0.2, 0.25) is 0 Å². The molecular weight excluding hydrogens is 905 g/mol. The van der Waals surface area contributed by atoms with Gasteiger partial charge in [-0.25, -0.2) is 14.4 Å². The van der Waals surface area contributed by atoms with Crippen molar-refractivity contribution in [2.24, 2.45) is 0 Å². The number of methoxy groups -OCH3 is 2. The van der Waals surface area contributed by atoms with E-state index in [0.717, 1.165) is 22.3 Å². The molecule has 0 aliphatic carbocycles. The molecular formula is C52H54N4O12S. The number of phenolic OH excluding ortho intramolecular Hbond substituents is 1. The van der Waals surface area contributed by atoms with E-state index in [2.05, 4.69) is 21.2 Å². The number of benzene rings is 4. The zero-order valence-corrected chi connectivity index (χ0v) is 40.5. The summed E-state index contributed by atoms with van der Waals surface area (Å²) in [4.78, 5) is 46.6. The van der Waals surface area contributed by atoms with Gasteiger partial charge in [0.25, 0.3) is 0 Å². The molecule has 69 heavy (non-hydrogen) atoms. The lowest BCUT2D eigenvalue weighted by molar-refractivity contribution is -0.157. The minimum Gasteiger partial charge on any atom is -0.504 e. The van der Waals surface area contributed by atoms with Crippen LogP contribution in [0.25, 0.3) is 6.08 Å². The monoisotopic (exact) mass is 958 g/mol. The number of nitriles is 1. The van der Waals surface area contributed by atoms with E-state index in [9.17, 15) is 20.0 Å². The highest BCUT2D eigenvalue weighted by atomic mass is 32.2. The number of aryl methyl sites for hydroxylation is 1. The zero-order chi connectivity index (χ0) is 48.7. The molecule has 11 rings (SSSR count). The number of ether oxygens (including phenoxy) is 8. The molecule has 0 radical (unpaired) electrons. The quantitative estimate of drug-likeness (QED) is 0.0848. The Morgan fingerprint density at radius 1 is 0.971 bits per heavy atom. The molecule has 2 saturated heterocycles. The first kappa shape index (κ1) is 46.3. The van der Waals surface area contributed by atoms with Crippen molar-refractivity contribution in [2.45, 2.75) is 94.1 Å². The number of carbonyl (C=O) groups excluding carboxylic acids is 3. The van der Waals surface area contributed by atoms with Crippen LogP contribution in [0.4, 0.5) is 4.79 Å². The number of piperazine rings is 1. The van der Waals surface area contributed by atoms with Gasteiger partial charge in [0.1, 0.15) is 24.0 Å². The fraction of sp³-hybridized carbons (Fsp3) is 0.423. The van der Waals surface area contributed by atoms with Crippen LogP contribution in [0, 0.1) is 25.2 Å². The maximum Gasteiger partial charge on any atom is 0.514 e. The largest absolute Gasteiger partial charge is 0.514 e. The van der Waals surface area contributed by atoms with Crippen molar-refractivity contribution in [2.75, 3.05) is 47.0 Å². The Hall–Kier alpha value is -6.45. The second-order valence-electron chi connectivity index (χ2n) is 19.2. The van der Waals surface area contributed by atoms with E-state index >= 15 is 4.79 Å². The normalized spacial score (nSPS) is 25.6. The molecule has 1 spiro atoms. The van der Waals surface area contributed by atoms with Crippen molar-refractivity contribution in [3.8, 4) is 46.3 Å². The summed E-state index contributed by atoms with van der Waals surface area (Å²) in [6, 6.07) is 14.4. The minimum absolute atomic E-state index is 0.0122. The SMILES string of the molecule is COc1cc2c(cc1OC(=O)OC(C)(C)C)CCN[C@]21CS[C@@H]2c3c(OC(=O)/C=C/c4ccccc4)c(C)c4c(c3[C@@H](COC1=O)N1C2[C@@H]2c3c(cc(C)c(OC)c3O)C[C@H]([C@@H]1C#N)N2C)OCO4. The molecule has 0 aromatic heterocycles. The smallest absolute Gasteiger partial charge is 0.504 e.